The summed E-state index contributed by atoms with van der Waals surface area (Å²) in [5.74, 6) is -1.17. The highest BCUT2D eigenvalue weighted by Crippen LogP contribution is 2.33. The number of carbonyl (C=O) groups excluding carboxylic acids is 3. The number of halogens is 1. The van der Waals surface area contributed by atoms with Gasteiger partial charge in [0.2, 0.25) is 0 Å². The topological polar surface area (TPSA) is 86.6 Å². The molecule has 4 aromatic carbocycles. The summed E-state index contributed by atoms with van der Waals surface area (Å²) in [5.41, 5.74) is 3.82. The SMILES string of the molecule is CCOC(=O)c1c(C)n(-c2ccccc2)c2ccc(OC(=O)c3ccccc3NC(=O)c3ccccc3I)cc12. The van der Waals surface area contributed by atoms with Gasteiger partial charge in [-0.1, -0.05) is 42.5 Å². The average molecular weight is 644 g/mol. The Balaban J connectivity index is 1.49. The van der Waals surface area contributed by atoms with Gasteiger partial charge in [0.1, 0.15) is 5.75 Å². The molecule has 0 spiro atoms. The molecule has 7 nitrogen and oxygen atoms in total. The van der Waals surface area contributed by atoms with E-state index < -0.39 is 11.9 Å². The number of amides is 1. The van der Waals surface area contributed by atoms with E-state index in [0.29, 0.717) is 27.9 Å². The van der Waals surface area contributed by atoms with E-state index in [1.54, 1.807) is 55.5 Å². The maximum atomic E-state index is 13.3. The Bertz CT molecular complexity index is 1740. The normalized spacial score (nSPS) is 10.8. The van der Waals surface area contributed by atoms with Crippen molar-refractivity contribution >= 4 is 57.0 Å². The number of nitrogens with one attached hydrogen (secondary N) is 1. The molecule has 40 heavy (non-hydrogen) atoms. The second-order valence-corrected chi connectivity index (χ2v) is 10.1. The molecule has 5 aromatic rings. The number of benzene rings is 4. The van der Waals surface area contributed by atoms with Gasteiger partial charge in [-0.2, -0.15) is 0 Å². The molecule has 1 N–H and O–H groups in total. The van der Waals surface area contributed by atoms with Gasteiger partial charge < -0.3 is 19.4 Å². The van der Waals surface area contributed by atoms with E-state index >= 15 is 0 Å². The molecule has 0 radical (unpaired) electrons. The molecule has 8 heteroatoms. The summed E-state index contributed by atoms with van der Waals surface area (Å²) in [7, 11) is 0. The molecule has 0 saturated carbocycles. The van der Waals surface area contributed by atoms with E-state index in [2.05, 4.69) is 27.9 Å². The summed E-state index contributed by atoms with van der Waals surface area (Å²) < 4.78 is 13.9. The predicted molar refractivity (Wildman–Crippen MR) is 162 cm³/mol. The van der Waals surface area contributed by atoms with Gasteiger partial charge >= 0.3 is 11.9 Å². The van der Waals surface area contributed by atoms with Crippen LogP contribution in [0, 0.1) is 10.5 Å². The van der Waals surface area contributed by atoms with E-state index in [1.807, 2.05) is 60.0 Å². The van der Waals surface area contributed by atoms with Crippen LogP contribution in [0.25, 0.3) is 16.6 Å². The number of fused-ring (bicyclic) bond motifs is 1. The van der Waals surface area contributed by atoms with Crippen LogP contribution in [0.1, 0.15) is 43.7 Å². The van der Waals surface area contributed by atoms with Gasteiger partial charge in [-0.3, -0.25) is 4.79 Å². The first-order valence-corrected chi connectivity index (χ1v) is 13.7. The van der Waals surface area contributed by atoms with Crippen molar-refractivity contribution in [3.8, 4) is 11.4 Å². The van der Waals surface area contributed by atoms with Crippen molar-refractivity contribution < 1.29 is 23.9 Å². The maximum absolute atomic E-state index is 13.3. The molecule has 0 saturated heterocycles. The molecule has 0 aliphatic rings. The van der Waals surface area contributed by atoms with Gasteiger partial charge in [-0.15, -0.1) is 0 Å². The zero-order chi connectivity index (χ0) is 28.2. The Labute approximate surface area is 244 Å². The van der Waals surface area contributed by atoms with Gasteiger partial charge in [0, 0.05) is 20.3 Å². The molecule has 1 aromatic heterocycles. The second-order valence-electron chi connectivity index (χ2n) is 8.90. The Morgan fingerprint density at radius 2 is 1.50 bits per heavy atom. The van der Waals surface area contributed by atoms with Crippen molar-refractivity contribution in [2.75, 3.05) is 11.9 Å². The van der Waals surface area contributed by atoms with Crippen LogP contribution in [0.5, 0.6) is 5.75 Å². The number of esters is 2. The molecule has 1 amide bonds. The molecule has 1 heterocycles. The number of hydrogen-bond acceptors (Lipinski definition) is 5. The van der Waals surface area contributed by atoms with Gasteiger partial charge in [-0.25, -0.2) is 9.59 Å². The standard InChI is InChI=1S/C32H25IN2O5/c1-3-39-32(38)29-20(2)35(21-11-5-4-6-12-21)28-18-17-22(19-25(28)29)40-31(37)24-14-8-10-16-27(24)34-30(36)23-13-7-9-15-26(23)33/h4-19H,3H2,1-2H3,(H,34,36). The molecule has 200 valence electrons. The highest BCUT2D eigenvalue weighted by molar-refractivity contribution is 14.1. The molecular weight excluding hydrogens is 619 g/mol. The molecule has 0 bridgehead atoms. The predicted octanol–water partition coefficient (Wildman–Crippen LogP) is 7.19. The third-order valence-electron chi connectivity index (χ3n) is 6.39. The Morgan fingerprint density at radius 3 is 2.23 bits per heavy atom. The minimum absolute atomic E-state index is 0.200. The first kappa shape index (κ1) is 27.1. The molecule has 0 unspecified atom stereocenters. The summed E-state index contributed by atoms with van der Waals surface area (Å²) in [4.78, 5) is 39.2. The minimum Gasteiger partial charge on any atom is -0.462 e. The van der Waals surface area contributed by atoms with E-state index in [0.717, 1.165) is 14.8 Å². The fourth-order valence-electron chi connectivity index (χ4n) is 4.60. The average Bonchev–Trinajstić information content (AvgIpc) is 3.25. The molecule has 0 fully saturated rings. The molecule has 0 atom stereocenters. The number of nitrogens with zero attached hydrogens (tertiary/aromatic N) is 1. The van der Waals surface area contributed by atoms with Gasteiger partial charge in [0.05, 0.1) is 34.5 Å². The minimum atomic E-state index is -0.644. The van der Waals surface area contributed by atoms with Crippen molar-refractivity contribution in [1.29, 1.82) is 0 Å². The van der Waals surface area contributed by atoms with Crippen molar-refractivity contribution in [1.82, 2.24) is 4.57 Å². The van der Waals surface area contributed by atoms with Crippen LogP contribution in [-0.4, -0.2) is 29.0 Å². The first-order chi connectivity index (χ1) is 19.4. The highest BCUT2D eigenvalue weighted by Gasteiger charge is 2.23. The highest BCUT2D eigenvalue weighted by atomic mass is 127. The summed E-state index contributed by atoms with van der Waals surface area (Å²) in [6.45, 7) is 3.85. The molecule has 0 aliphatic carbocycles. The Morgan fingerprint density at radius 1 is 0.825 bits per heavy atom. The van der Waals surface area contributed by atoms with Gasteiger partial charge in [-0.05, 0) is 91.0 Å². The van der Waals surface area contributed by atoms with Gasteiger partial charge in [0.15, 0.2) is 0 Å². The number of carbonyl (C=O) groups is 3. The molecule has 0 aliphatic heterocycles. The van der Waals surface area contributed by atoms with Crippen molar-refractivity contribution in [2.24, 2.45) is 0 Å². The fourth-order valence-corrected chi connectivity index (χ4v) is 5.23. The number of anilines is 1. The van der Waals surface area contributed by atoms with Crippen LogP contribution in [0.3, 0.4) is 0 Å². The van der Waals surface area contributed by atoms with Crippen molar-refractivity contribution in [2.45, 2.75) is 13.8 Å². The first-order valence-electron chi connectivity index (χ1n) is 12.6. The largest absolute Gasteiger partial charge is 0.462 e. The lowest BCUT2D eigenvalue weighted by Crippen LogP contribution is -2.17. The lowest BCUT2D eigenvalue weighted by molar-refractivity contribution is 0.0527. The zero-order valence-corrected chi connectivity index (χ0v) is 24.0. The smallest absolute Gasteiger partial charge is 0.345 e. The van der Waals surface area contributed by atoms with Gasteiger partial charge in [0.25, 0.3) is 5.91 Å². The van der Waals surface area contributed by atoms with Crippen LogP contribution in [0.4, 0.5) is 5.69 Å². The quantitative estimate of drug-likeness (QED) is 0.115. The lowest BCUT2D eigenvalue weighted by Gasteiger charge is -2.12. The van der Waals surface area contributed by atoms with E-state index in [9.17, 15) is 14.4 Å². The summed E-state index contributed by atoms with van der Waals surface area (Å²) in [6.07, 6.45) is 0. The third-order valence-corrected chi connectivity index (χ3v) is 7.33. The summed E-state index contributed by atoms with van der Waals surface area (Å²) >= 11 is 2.09. The van der Waals surface area contributed by atoms with Crippen molar-refractivity contribution in [3.63, 3.8) is 0 Å². The van der Waals surface area contributed by atoms with E-state index in [1.165, 1.54) is 0 Å². The summed E-state index contributed by atoms with van der Waals surface area (Å²) in [5, 5.41) is 3.42. The number of rotatable bonds is 7. The van der Waals surface area contributed by atoms with Crippen LogP contribution >= 0.6 is 22.6 Å². The number of aromatic nitrogens is 1. The number of para-hydroxylation sites is 2. The zero-order valence-electron chi connectivity index (χ0n) is 21.8. The maximum Gasteiger partial charge on any atom is 0.345 e. The molecule has 5 rings (SSSR count). The van der Waals surface area contributed by atoms with Crippen LogP contribution in [-0.2, 0) is 4.74 Å². The fraction of sp³-hybridized carbons (Fsp3) is 0.0938. The monoisotopic (exact) mass is 644 g/mol. The molecular formula is C32H25IN2O5. The Hall–Kier alpha value is -4.44. The van der Waals surface area contributed by atoms with E-state index in [4.69, 9.17) is 9.47 Å². The summed E-state index contributed by atoms with van der Waals surface area (Å²) in [6, 6.07) is 28.7. The Kier molecular flexibility index (Phi) is 7.97. The van der Waals surface area contributed by atoms with E-state index in [-0.39, 0.29) is 23.8 Å². The van der Waals surface area contributed by atoms with Crippen LogP contribution in [0.15, 0.2) is 97.1 Å². The third kappa shape index (κ3) is 5.35. The van der Waals surface area contributed by atoms with Crippen LogP contribution in [0.2, 0.25) is 0 Å². The van der Waals surface area contributed by atoms with Crippen LogP contribution < -0.4 is 10.1 Å². The number of hydrogen-bond donors (Lipinski definition) is 1. The lowest BCUT2D eigenvalue weighted by atomic mass is 10.1. The second kappa shape index (κ2) is 11.7. The number of ether oxygens (including phenoxy) is 2. The van der Waals surface area contributed by atoms with Crippen molar-refractivity contribution in [3.05, 3.63) is 123 Å².